The van der Waals surface area contributed by atoms with E-state index in [9.17, 15) is 9.59 Å². The van der Waals surface area contributed by atoms with Gasteiger partial charge in [-0.3, -0.25) is 14.1 Å². The normalized spacial score (nSPS) is 14.0. The van der Waals surface area contributed by atoms with E-state index in [0.29, 0.717) is 32.0 Å². The lowest BCUT2D eigenvalue weighted by Crippen LogP contribution is -2.42. The number of morpholine rings is 1. The molecule has 1 aromatic carbocycles. The van der Waals surface area contributed by atoms with E-state index in [4.69, 9.17) is 29.2 Å². The Labute approximate surface area is 285 Å². The number of esters is 1. The molecular weight excluding hydrogens is 622 g/mol. The van der Waals surface area contributed by atoms with Gasteiger partial charge in [-0.2, -0.15) is 0 Å². The largest absolute Gasteiger partial charge is 0.459 e. The number of imidazole rings is 1. The number of rotatable bonds is 7. The van der Waals surface area contributed by atoms with Crippen molar-refractivity contribution in [2.75, 3.05) is 42.6 Å². The van der Waals surface area contributed by atoms with E-state index < -0.39 is 23.3 Å². The van der Waals surface area contributed by atoms with Crippen LogP contribution in [-0.2, 0) is 19.0 Å². The van der Waals surface area contributed by atoms with Gasteiger partial charge in [0.15, 0.2) is 11.5 Å². The lowest BCUT2D eigenvalue weighted by Gasteiger charge is -2.28. The summed E-state index contributed by atoms with van der Waals surface area (Å²) in [5, 5.41) is 1.08. The molecule has 0 atom stereocenters. The number of carbonyl (C=O) groups is 2. The molecule has 5 heterocycles. The molecule has 0 bridgehead atoms. The molecule has 0 aliphatic carbocycles. The highest BCUT2D eigenvalue weighted by Gasteiger charge is 2.29. The molecule has 254 valence electrons. The summed E-state index contributed by atoms with van der Waals surface area (Å²) in [5.74, 6) is 0.426. The third kappa shape index (κ3) is 8.21. The quantitative estimate of drug-likeness (QED) is 0.180. The van der Waals surface area contributed by atoms with Crippen molar-refractivity contribution in [2.24, 2.45) is 0 Å². The van der Waals surface area contributed by atoms with Crippen molar-refractivity contribution in [3.8, 4) is 11.3 Å². The number of pyridine rings is 2. The summed E-state index contributed by atoms with van der Waals surface area (Å²) in [6.07, 6.45) is 8.57. The SMILES string of the molecule is CC(C)(C)OC(=O)CN(C(=O)OC(C)(C)C)c1ccc(-c2cnc(N3CCOCC3)c3nc(/C=C/c4ccc5ccccc5n4)cn23)cn1. The standard InChI is InChI=1S/C37H41N7O5/c1-36(2,3)48-32(45)24-44(35(46)49-37(4,5)6)31-16-12-26(21-38-31)30-22-39-33(42-17-19-47-20-18-42)34-41-28(23-43(30)34)15-14-27-13-11-25-9-7-8-10-29(25)40-27/h7-16,21-23H,17-20,24H2,1-6H3/b15-14+. The van der Waals surface area contributed by atoms with Crippen LogP contribution in [0.15, 0.2) is 67.1 Å². The molecule has 0 spiro atoms. The van der Waals surface area contributed by atoms with Crippen LogP contribution in [0.25, 0.3) is 40.0 Å². The van der Waals surface area contributed by atoms with E-state index in [1.165, 1.54) is 4.90 Å². The summed E-state index contributed by atoms with van der Waals surface area (Å²) in [5.41, 5.74) is 3.16. The lowest BCUT2D eigenvalue weighted by atomic mass is 10.2. The number of fused-ring (bicyclic) bond motifs is 2. The Hall–Kier alpha value is -5.36. The average Bonchev–Trinajstić information content (AvgIpc) is 3.49. The predicted octanol–water partition coefficient (Wildman–Crippen LogP) is 6.43. The molecule has 1 amide bonds. The maximum Gasteiger partial charge on any atom is 0.416 e. The van der Waals surface area contributed by atoms with E-state index in [-0.39, 0.29) is 12.4 Å². The zero-order chi connectivity index (χ0) is 34.8. The summed E-state index contributed by atoms with van der Waals surface area (Å²) in [6.45, 7) is 12.9. The Morgan fingerprint density at radius 2 is 1.59 bits per heavy atom. The van der Waals surface area contributed by atoms with Gasteiger partial charge in [0, 0.05) is 36.4 Å². The van der Waals surface area contributed by atoms with Crippen LogP contribution in [0.2, 0.25) is 0 Å². The number of hydrogen-bond donors (Lipinski definition) is 0. The predicted molar refractivity (Wildman–Crippen MR) is 189 cm³/mol. The van der Waals surface area contributed by atoms with E-state index in [0.717, 1.165) is 39.4 Å². The molecule has 1 fully saturated rings. The van der Waals surface area contributed by atoms with Crippen LogP contribution in [-0.4, -0.2) is 80.4 Å². The summed E-state index contributed by atoms with van der Waals surface area (Å²) in [7, 11) is 0. The fourth-order valence-corrected chi connectivity index (χ4v) is 5.38. The van der Waals surface area contributed by atoms with Crippen molar-refractivity contribution in [1.29, 1.82) is 0 Å². The third-order valence-electron chi connectivity index (χ3n) is 7.49. The van der Waals surface area contributed by atoms with Crippen LogP contribution < -0.4 is 9.80 Å². The minimum atomic E-state index is -0.777. The van der Waals surface area contributed by atoms with Gasteiger partial charge in [-0.1, -0.05) is 24.3 Å². The molecule has 5 aromatic rings. The highest BCUT2D eigenvalue weighted by Crippen LogP contribution is 2.28. The first kappa shape index (κ1) is 33.5. The van der Waals surface area contributed by atoms with Gasteiger partial charge >= 0.3 is 12.1 Å². The van der Waals surface area contributed by atoms with Crippen molar-refractivity contribution in [3.63, 3.8) is 0 Å². The van der Waals surface area contributed by atoms with Gasteiger partial charge in [0.25, 0.3) is 0 Å². The molecule has 1 aliphatic rings. The van der Waals surface area contributed by atoms with Crippen LogP contribution in [0.3, 0.4) is 0 Å². The van der Waals surface area contributed by atoms with Gasteiger partial charge < -0.3 is 19.1 Å². The maximum atomic E-state index is 13.2. The van der Waals surface area contributed by atoms with Crippen molar-refractivity contribution < 1.29 is 23.8 Å². The number of ether oxygens (including phenoxy) is 3. The zero-order valence-electron chi connectivity index (χ0n) is 28.7. The molecule has 1 aliphatic heterocycles. The van der Waals surface area contributed by atoms with Gasteiger partial charge in [-0.25, -0.2) is 24.7 Å². The Morgan fingerprint density at radius 1 is 0.857 bits per heavy atom. The fraction of sp³-hybridized carbons (Fsp3) is 0.351. The number of hydrogen-bond acceptors (Lipinski definition) is 10. The minimum absolute atomic E-state index is 0.245. The van der Waals surface area contributed by atoms with Crippen LogP contribution >= 0.6 is 0 Å². The third-order valence-corrected chi connectivity index (χ3v) is 7.49. The van der Waals surface area contributed by atoms with Crippen molar-refractivity contribution >= 4 is 52.4 Å². The molecule has 0 N–H and O–H groups in total. The first-order valence-corrected chi connectivity index (χ1v) is 16.3. The number of nitrogens with zero attached hydrogens (tertiary/aromatic N) is 7. The zero-order valence-corrected chi connectivity index (χ0v) is 28.7. The number of carbonyl (C=O) groups excluding carboxylic acids is 2. The number of para-hydroxylation sites is 1. The molecule has 1 saturated heterocycles. The first-order valence-electron chi connectivity index (χ1n) is 16.3. The maximum absolute atomic E-state index is 13.2. The number of anilines is 2. The van der Waals surface area contributed by atoms with Gasteiger partial charge in [0.05, 0.1) is 42.0 Å². The second-order valence-corrected chi connectivity index (χ2v) is 13.7. The Morgan fingerprint density at radius 3 is 2.31 bits per heavy atom. The number of aromatic nitrogens is 5. The van der Waals surface area contributed by atoms with Crippen molar-refractivity contribution in [1.82, 2.24) is 24.3 Å². The van der Waals surface area contributed by atoms with Crippen LogP contribution in [0.5, 0.6) is 0 Å². The first-order chi connectivity index (χ1) is 23.3. The van der Waals surface area contributed by atoms with Crippen LogP contribution in [0.4, 0.5) is 16.4 Å². The Balaban J connectivity index is 1.34. The average molecular weight is 664 g/mol. The monoisotopic (exact) mass is 663 g/mol. The smallest absolute Gasteiger partial charge is 0.416 e. The van der Waals surface area contributed by atoms with Gasteiger partial charge in [0.1, 0.15) is 23.6 Å². The van der Waals surface area contributed by atoms with Gasteiger partial charge in [-0.05, 0) is 78.0 Å². The molecule has 6 rings (SSSR count). The topological polar surface area (TPSA) is 124 Å². The summed E-state index contributed by atoms with van der Waals surface area (Å²) < 4.78 is 18.7. The molecular formula is C37H41N7O5. The second-order valence-electron chi connectivity index (χ2n) is 13.7. The van der Waals surface area contributed by atoms with Crippen LogP contribution in [0, 0.1) is 0 Å². The number of benzene rings is 1. The summed E-state index contributed by atoms with van der Waals surface area (Å²) >= 11 is 0. The van der Waals surface area contributed by atoms with Crippen molar-refractivity contribution in [3.05, 3.63) is 78.5 Å². The minimum Gasteiger partial charge on any atom is -0.459 e. The Kier molecular flexibility index (Phi) is 9.33. The van der Waals surface area contributed by atoms with E-state index >= 15 is 0 Å². The molecule has 12 heteroatoms. The molecule has 4 aromatic heterocycles. The van der Waals surface area contributed by atoms with E-state index in [1.807, 2.05) is 59.1 Å². The molecule has 49 heavy (non-hydrogen) atoms. The lowest BCUT2D eigenvalue weighted by molar-refractivity contribution is -0.153. The summed E-state index contributed by atoms with van der Waals surface area (Å²) in [6, 6.07) is 15.5. The number of amides is 1. The summed E-state index contributed by atoms with van der Waals surface area (Å²) in [4.78, 5) is 48.5. The Bertz CT molecular complexity index is 2000. The highest BCUT2D eigenvalue weighted by atomic mass is 16.6. The van der Waals surface area contributed by atoms with Crippen molar-refractivity contribution in [2.45, 2.75) is 52.7 Å². The molecule has 12 nitrogen and oxygen atoms in total. The second kappa shape index (κ2) is 13.6. The van der Waals surface area contributed by atoms with Crippen LogP contribution in [0.1, 0.15) is 52.9 Å². The van der Waals surface area contributed by atoms with Gasteiger partial charge in [-0.15, -0.1) is 0 Å². The van der Waals surface area contributed by atoms with Gasteiger partial charge in [0.2, 0.25) is 0 Å². The molecule has 0 unspecified atom stereocenters. The van der Waals surface area contributed by atoms with E-state index in [1.54, 1.807) is 60.0 Å². The molecule has 0 saturated carbocycles. The van der Waals surface area contributed by atoms with E-state index in [2.05, 4.69) is 16.0 Å². The fourth-order valence-electron chi connectivity index (χ4n) is 5.38. The molecule has 0 radical (unpaired) electrons. The highest BCUT2D eigenvalue weighted by molar-refractivity contribution is 5.93.